The van der Waals surface area contributed by atoms with Crippen molar-refractivity contribution < 1.29 is 0 Å². The summed E-state index contributed by atoms with van der Waals surface area (Å²) >= 11 is 0. The zero-order valence-corrected chi connectivity index (χ0v) is 9.41. The van der Waals surface area contributed by atoms with Crippen LogP contribution in [0.15, 0.2) is 23.8 Å². The fraction of sp³-hybridized carbons (Fsp3) is 0.667. The summed E-state index contributed by atoms with van der Waals surface area (Å²) in [7, 11) is 0. The lowest BCUT2D eigenvalue weighted by Gasteiger charge is -1.87. The lowest BCUT2D eigenvalue weighted by atomic mass is 10.2. The molecule has 0 aliphatic heterocycles. The van der Waals surface area contributed by atoms with E-state index in [0.717, 1.165) is 0 Å². The third-order valence-corrected chi connectivity index (χ3v) is 1.29. The molecule has 0 aromatic rings. The van der Waals surface area contributed by atoms with Crippen molar-refractivity contribution >= 4 is 0 Å². The van der Waals surface area contributed by atoms with Gasteiger partial charge in [-0.1, -0.05) is 37.5 Å². The van der Waals surface area contributed by atoms with E-state index in [4.69, 9.17) is 0 Å². The Morgan fingerprint density at radius 2 is 1.67 bits per heavy atom. The number of rotatable bonds is 3. The summed E-state index contributed by atoms with van der Waals surface area (Å²) in [6, 6.07) is 0. The van der Waals surface area contributed by atoms with Gasteiger partial charge in [-0.05, 0) is 33.6 Å². The van der Waals surface area contributed by atoms with Gasteiger partial charge >= 0.3 is 0 Å². The zero-order valence-electron chi connectivity index (χ0n) is 9.41. The Morgan fingerprint density at radius 1 is 1.17 bits per heavy atom. The number of hydrogen-bond donors (Lipinski definition) is 0. The first-order chi connectivity index (χ1) is 5.54. The van der Waals surface area contributed by atoms with Crippen LogP contribution in [0.5, 0.6) is 0 Å². The molecule has 0 bridgehead atoms. The largest absolute Gasteiger partial charge is 0.100 e. The van der Waals surface area contributed by atoms with E-state index in [1.807, 2.05) is 0 Å². The highest BCUT2D eigenvalue weighted by Crippen LogP contribution is 1.96. The van der Waals surface area contributed by atoms with Crippen LogP contribution < -0.4 is 0 Å². The summed E-state index contributed by atoms with van der Waals surface area (Å²) in [6.45, 7) is 14.3. The van der Waals surface area contributed by atoms with Crippen molar-refractivity contribution in [3.8, 4) is 0 Å². The molecule has 0 unspecified atom stereocenters. The van der Waals surface area contributed by atoms with Crippen LogP contribution in [0.2, 0.25) is 0 Å². The molecular formula is C12H24. The van der Waals surface area contributed by atoms with Crippen molar-refractivity contribution in [1.29, 1.82) is 0 Å². The lowest BCUT2D eigenvalue weighted by Crippen LogP contribution is -1.66. The third kappa shape index (κ3) is 22.7. The molecule has 0 heteroatoms. The molecule has 0 aromatic carbocycles. The first kappa shape index (κ1) is 14.0. The van der Waals surface area contributed by atoms with E-state index >= 15 is 0 Å². The van der Waals surface area contributed by atoms with E-state index < -0.39 is 0 Å². The normalized spacial score (nSPS) is 8.08. The molecule has 0 spiro atoms. The molecule has 0 N–H and O–H groups in total. The van der Waals surface area contributed by atoms with Gasteiger partial charge in [0, 0.05) is 0 Å². The molecule has 0 saturated heterocycles. The monoisotopic (exact) mass is 168 g/mol. The molecule has 0 fully saturated rings. The minimum absolute atomic E-state index is 1.17. The molecule has 0 aliphatic carbocycles. The average molecular weight is 168 g/mol. The van der Waals surface area contributed by atoms with Crippen molar-refractivity contribution in [2.24, 2.45) is 0 Å². The molecule has 72 valence electrons. The van der Waals surface area contributed by atoms with Gasteiger partial charge in [0.1, 0.15) is 0 Å². The van der Waals surface area contributed by atoms with Crippen LogP contribution in [0.3, 0.4) is 0 Å². The first-order valence-corrected chi connectivity index (χ1v) is 4.82. The van der Waals surface area contributed by atoms with Gasteiger partial charge in [0.05, 0.1) is 0 Å². The van der Waals surface area contributed by atoms with E-state index in [1.54, 1.807) is 0 Å². The number of allylic oxidation sites excluding steroid dienone is 3. The Bertz CT molecular complexity index is 125. The van der Waals surface area contributed by atoms with Crippen LogP contribution in [-0.2, 0) is 0 Å². The standard InChI is InChI=1S/2C6H12/c2*1-4-5-6(2)3/h5H,4H2,1-3H3;2,4-5H2,1,3H3. The second kappa shape index (κ2) is 10.5. The SMILES string of the molecule is C=C(C)CCC.CCC=C(C)C. The van der Waals surface area contributed by atoms with Gasteiger partial charge in [-0.3, -0.25) is 0 Å². The van der Waals surface area contributed by atoms with E-state index in [-0.39, 0.29) is 0 Å². The molecule has 0 aromatic heterocycles. The summed E-state index contributed by atoms with van der Waals surface area (Å²) in [6.07, 6.45) is 5.79. The Balaban J connectivity index is 0. The van der Waals surface area contributed by atoms with Crippen LogP contribution in [0.4, 0.5) is 0 Å². The van der Waals surface area contributed by atoms with Gasteiger partial charge in [0.25, 0.3) is 0 Å². The van der Waals surface area contributed by atoms with Crippen molar-refractivity contribution in [2.75, 3.05) is 0 Å². The maximum atomic E-state index is 3.74. The van der Waals surface area contributed by atoms with E-state index in [1.165, 1.54) is 30.4 Å². The molecular weight excluding hydrogens is 144 g/mol. The second-order valence-electron chi connectivity index (χ2n) is 3.40. The minimum atomic E-state index is 1.17. The average Bonchev–Trinajstić information content (AvgIpc) is 1.87. The fourth-order valence-corrected chi connectivity index (χ4v) is 0.835. The summed E-state index contributed by atoms with van der Waals surface area (Å²) in [5, 5.41) is 0. The highest BCUT2D eigenvalue weighted by Gasteiger charge is 1.76. The molecule has 0 radical (unpaired) electrons. The first-order valence-electron chi connectivity index (χ1n) is 4.82. The van der Waals surface area contributed by atoms with Crippen LogP contribution >= 0.6 is 0 Å². The molecule has 0 heterocycles. The van der Waals surface area contributed by atoms with Crippen molar-refractivity contribution in [1.82, 2.24) is 0 Å². The van der Waals surface area contributed by atoms with Crippen molar-refractivity contribution in [2.45, 2.75) is 53.9 Å². The van der Waals surface area contributed by atoms with Crippen LogP contribution in [0, 0.1) is 0 Å². The number of hydrogen-bond acceptors (Lipinski definition) is 0. The van der Waals surface area contributed by atoms with E-state index in [2.05, 4.69) is 47.3 Å². The third-order valence-electron chi connectivity index (χ3n) is 1.29. The van der Waals surface area contributed by atoms with Crippen LogP contribution in [-0.4, -0.2) is 0 Å². The van der Waals surface area contributed by atoms with E-state index in [0.29, 0.717) is 0 Å². The van der Waals surface area contributed by atoms with E-state index in [9.17, 15) is 0 Å². The molecule has 0 atom stereocenters. The molecule has 0 rings (SSSR count). The quantitative estimate of drug-likeness (QED) is 0.535. The Morgan fingerprint density at radius 3 is 1.67 bits per heavy atom. The zero-order chi connectivity index (χ0) is 9.98. The predicted molar refractivity (Wildman–Crippen MR) is 59.4 cm³/mol. The van der Waals surface area contributed by atoms with Gasteiger partial charge in [0.2, 0.25) is 0 Å². The summed E-state index contributed by atoms with van der Waals surface area (Å²) in [5.74, 6) is 0. The van der Waals surface area contributed by atoms with Gasteiger partial charge in [-0.25, -0.2) is 0 Å². The van der Waals surface area contributed by atoms with Gasteiger partial charge < -0.3 is 0 Å². The van der Waals surface area contributed by atoms with Gasteiger partial charge in [-0.15, -0.1) is 6.58 Å². The maximum Gasteiger partial charge on any atom is -0.0328 e. The molecule has 0 saturated carbocycles. The fourth-order valence-electron chi connectivity index (χ4n) is 0.835. The smallest absolute Gasteiger partial charge is 0.0328 e. The predicted octanol–water partition coefficient (Wildman–Crippen LogP) is 4.73. The van der Waals surface area contributed by atoms with Crippen molar-refractivity contribution in [3.63, 3.8) is 0 Å². The maximum absolute atomic E-state index is 3.74. The molecule has 0 aliphatic rings. The van der Waals surface area contributed by atoms with Gasteiger partial charge in [0.15, 0.2) is 0 Å². The highest BCUT2D eigenvalue weighted by molar-refractivity contribution is 4.91. The second-order valence-corrected chi connectivity index (χ2v) is 3.40. The highest BCUT2D eigenvalue weighted by atomic mass is 13.8. The molecule has 0 amide bonds. The lowest BCUT2D eigenvalue weighted by molar-refractivity contribution is 0.910. The Kier molecular flexibility index (Phi) is 12.3. The summed E-state index contributed by atoms with van der Waals surface area (Å²) in [4.78, 5) is 0. The van der Waals surface area contributed by atoms with Crippen LogP contribution in [0.1, 0.15) is 53.9 Å². The summed E-state index contributed by atoms with van der Waals surface area (Å²) < 4.78 is 0. The van der Waals surface area contributed by atoms with Crippen LogP contribution in [0.25, 0.3) is 0 Å². The minimum Gasteiger partial charge on any atom is -0.100 e. The topological polar surface area (TPSA) is 0 Å². The summed E-state index contributed by atoms with van der Waals surface area (Å²) in [5.41, 5.74) is 2.70. The van der Waals surface area contributed by atoms with Crippen molar-refractivity contribution in [3.05, 3.63) is 23.8 Å². The molecule has 0 nitrogen and oxygen atoms in total. The van der Waals surface area contributed by atoms with Gasteiger partial charge in [-0.2, -0.15) is 0 Å². The Labute approximate surface area is 78.4 Å². The Hall–Kier alpha value is -0.520. The molecule has 12 heavy (non-hydrogen) atoms.